The lowest BCUT2D eigenvalue weighted by Gasteiger charge is -2.20. The number of benzene rings is 1. The van der Waals surface area contributed by atoms with E-state index in [0.717, 1.165) is 0 Å². The average molecular weight is 506 g/mol. The van der Waals surface area contributed by atoms with Gasteiger partial charge in [0.15, 0.2) is 11.5 Å². The monoisotopic (exact) mass is 505 g/mol. The third kappa shape index (κ3) is 3.93. The molecule has 3 fully saturated rings. The van der Waals surface area contributed by atoms with E-state index < -0.39 is 5.60 Å². The zero-order valence-electron chi connectivity index (χ0n) is 20.2. The Morgan fingerprint density at radius 1 is 1.22 bits per heavy atom. The fourth-order valence-corrected chi connectivity index (χ4v) is 5.05. The smallest absolute Gasteiger partial charge is 0.255 e. The van der Waals surface area contributed by atoms with E-state index in [9.17, 15) is 14.7 Å². The number of aromatic amines is 1. The summed E-state index contributed by atoms with van der Waals surface area (Å²) in [6.07, 6.45) is 7.02. The van der Waals surface area contributed by atoms with Gasteiger partial charge in [0.25, 0.3) is 11.8 Å². The topological polar surface area (TPSA) is 139 Å². The van der Waals surface area contributed by atoms with E-state index in [1.807, 2.05) is 12.1 Å². The van der Waals surface area contributed by atoms with Crippen LogP contribution in [0, 0.1) is 5.92 Å². The second-order valence-corrected chi connectivity index (χ2v) is 10.3. The summed E-state index contributed by atoms with van der Waals surface area (Å²) in [6, 6.07) is 3.49. The number of likely N-dealkylation sites (tertiary alicyclic amines) is 1. The van der Waals surface area contributed by atoms with Gasteiger partial charge in [0.05, 0.1) is 23.3 Å². The molecule has 7 rings (SSSR count). The molecule has 3 N–H and O–H groups in total. The van der Waals surface area contributed by atoms with Crippen LogP contribution in [0.5, 0.6) is 17.2 Å². The molecule has 0 spiro atoms. The molecule has 192 valence electrons. The summed E-state index contributed by atoms with van der Waals surface area (Å²) in [5.74, 6) is 1.85. The number of carbonyl (C=O) groups is 2. The van der Waals surface area contributed by atoms with Gasteiger partial charge in [-0.2, -0.15) is 0 Å². The van der Waals surface area contributed by atoms with Gasteiger partial charge in [0.1, 0.15) is 28.9 Å². The van der Waals surface area contributed by atoms with E-state index in [4.69, 9.17) is 14.2 Å². The zero-order valence-corrected chi connectivity index (χ0v) is 20.2. The van der Waals surface area contributed by atoms with Crippen molar-refractivity contribution in [2.45, 2.75) is 43.7 Å². The number of hydrogen-bond acceptors (Lipinski definition) is 8. The van der Waals surface area contributed by atoms with Crippen LogP contribution in [-0.2, 0) is 4.79 Å². The fraction of sp³-hybridized carbons (Fsp3) is 0.462. The lowest BCUT2D eigenvalue weighted by atomic mass is 10.1. The summed E-state index contributed by atoms with van der Waals surface area (Å²) >= 11 is 0. The van der Waals surface area contributed by atoms with Crippen molar-refractivity contribution in [1.29, 1.82) is 0 Å². The maximum Gasteiger partial charge on any atom is 0.255 e. The third-order valence-electron chi connectivity index (χ3n) is 7.55. The maximum absolute atomic E-state index is 13.2. The van der Waals surface area contributed by atoms with Crippen LogP contribution in [0.15, 0.2) is 24.7 Å². The van der Waals surface area contributed by atoms with Crippen LogP contribution in [0.25, 0.3) is 22.3 Å². The highest BCUT2D eigenvalue weighted by molar-refractivity contribution is 6.08. The van der Waals surface area contributed by atoms with Crippen molar-refractivity contribution in [3.8, 4) is 28.5 Å². The molecule has 2 aliphatic heterocycles. The zero-order chi connectivity index (χ0) is 25.1. The van der Waals surface area contributed by atoms with E-state index in [-0.39, 0.29) is 24.6 Å². The van der Waals surface area contributed by atoms with Crippen LogP contribution >= 0.6 is 0 Å². The highest BCUT2D eigenvalue weighted by Crippen LogP contribution is 2.48. The van der Waals surface area contributed by atoms with Crippen molar-refractivity contribution in [3.63, 3.8) is 0 Å². The van der Waals surface area contributed by atoms with Crippen LogP contribution in [0.2, 0.25) is 0 Å². The Labute approximate surface area is 212 Å². The van der Waals surface area contributed by atoms with Crippen molar-refractivity contribution in [2.75, 3.05) is 26.5 Å². The number of amides is 2. The molecule has 11 heteroatoms. The van der Waals surface area contributed by atoms with Crippen LogP contribution in [0.4, 0.5) is 0 Å². The first kappa shape index (κ1) is 22.3. The van der Waals surface area contributed by atoms with Crippen LogP contribution in [0.1, 0.15) is 42.5 Å². The number of rotatable bonds is 7. The van der Waals surface area contributed by atoms with Crippen molar-refractivity contribution in [2.24, 2.45) is 5.92 Å². The van der Waals surface area contributed by atoms with E-state index in [1.54, 1.807) is 11.1 Å². The van der Waals surface area contributed by atoms with Gasteiger partial charge in [-0.25, -0.2) is 9.97 Å². The van der Waals surface area contributed by atoms with Gasteiger partial charge in [-0.1, -0.05) is 0 Å². The van der Waals surface area contributed by atoms with Crippen molar-refractivity contribution >= 4 is 22.8 Å². The second-order valence-electron chi connectivity index (χ2n) is 10.3. The van der Waals surface area contributed by atoms with Gasteiger partial charge in [0, 0.05) is 25.3 Å². The van der Waals surface area contributed by atoms with Gasteiger partial charge < -0.3 is 34.5 Å². The molecule has 2 aromatic heterocycles. The van der Waals surface area contributed by atoms with Crippen molar-refractivity contribution in [3.05, 3.63) is 30.2 Å². The minimum Gasteiger partial charge on any atom is -0.492 e. The lowest BCUT2D eigenvalue weighted by Crippen LogP contribution is -2.42. The summed E-state index contributed by atoms with van der Waals surface area (Å²) in [5, 5.41) is 13.2. The Kier molecular flexibility index (Phi) is 5.04. The number of carbonyl (C=O) groups excluding carboxylic acids is 2. The third-order valence-corrected chi connectivity index (χ3v) is 7.55. The molecule has 37 heavy (non-hydrogen) atoms. The normalized spacial score (nSPS) is 21.3. The number of hydrogen-bond donors (Lipinski definition) is 3. The molecule has 1 atom stereocenters. The second kappa shape index (κ2) is 8.34. The summed E-state index contributed by atoms with van der Waals surface area (Å²) in [6.45, 7) is 1.62. The standard InChI is InChI=1S/C26H27N5O6/c32-24(30-15-5-8-31(10-15)25(33)26(34)6-7-26)16-9-27-22-20(16)28-12-29-21(22)19-17(35-11-14-1-2-14)3-4-18-23(19)37-13-36-18/h3-4,9,12,14-15,27,34H,1-2,5-8,10-11,13H2,(H,30,32)/t15-/m0/s1. The van der Waals surface area contributed by atoms with Gasteiger partial charge in [-0.3, -0.25) is 9.59 Å². The van der Waals surface area contributed by atoms with E-state index in [0.29, 0.717) is 90.0 Å². The number of aliphatic hydroxyl groups is 1. The SMILES string of the molecule is O=C(N[C@H]1CCN(C(=O)C2(O)CC2)C1)c1c[nH]c2c(-c3c(OCC4CC4)ccc4c3OCO4)ncnc12. The van der Waals surface area contributed by atoms with E-state index in [2.05, 4.69) is 20.3 Å². The first-order chi connectivity index (χ1) is 18.0. The minimum atomic E-state index is -1.20. The van der Waals surface area contributed by atoms with E-state index >= 15 is 0 Å². The summed E-state index contributed by atoms with van der Waals surface area (Å²) in [7, 11) is 0. The molecule has 2 saturated carbocycles. The van der Waals surface area contributed by atoms with Gasteiger partial charge in [-0.15, -0.1) is 0 Å². The predicted octanol–water partition coefficient (Wildman–Crippen LogP) is 2.00. The van der Waals surface area contributed by atoms with Gasteiger partial charge >= 0.3 is 0 Å². The number of aromatic nitrogens is 3. The maximum atomic E-state index is 13.2. The molecule has 0 bridgehead atoms. The average Bonchev–Trinajstić information content (AvgIpc) is 3.68. The van der Waals surface area contributed by atoms with Gasteiger partial charge in [0.2, 0.25) is 6.79 Å². The summed E-state index contributed by atoms with van der Waals surface area (Å²) in [4.78, 5) is 39.4. The predicted molar refractivity (Wildman–Crippen MR) is 130 cm³/mol. The minimum absolute atomic E-state index is 0.110. The summed E-state index contributed by atoms with van der Waals surface area (Å²) in [5.41, 5.74) is 1.48. The molecule has 0 radical (unpaired) electrons. The number of H-pyrrole nitrogens is 1. The Morgan fingerprint density at radius 2 is 2.08 bits per heavy atom. The van der Waals surface area contributed by atoms with Crippen molar-refractivity contribution in [1.82, 2.24) is 25.2 Å². The fourth-order valence-electron chi connectivity index (χ4n) is 5.05. The van der Waals surface area contributed by atoms with E-state index in [1.165, 1.54) is 19.2 Å². The molecular formula is C26H27N5O6. The molecule has 3 aromatic rings. The molecule has 2 aliphatic carbocycles. The quantitative estimate of drug-likeness (QED) is 0.443. The Balaban J connectivity index is 1.16. The van der Waals surface area contributed by atoms with Crippen molar-refractivity contribution < 1.29 is 28.9 Å². The number of ether oxygens (including phenoxy) is 3. The number of nitrogens with one attached hydrogen (secondary N) is 2. The largest absolute Gasteiger partial charge is 0.492 e. The van der Waals surface area contributed by atoms with Crippen LogP contribution < -0.4 is 19.5 Å². The Bertz CT molecular complexity index is 1410. The molecule has 1 saturated heterocycles. The number of nitrogens with zero attached hydrogens (tertiary/aromatic N) is 3. The molecule has 0 unspecified atom stereocenters. The first-order valence-electron chi connectivity index (χ1n) is 12.7. The molecule has 11 nitrogen and oxygen atoms in total. The van der Waals surface area contributed by atoms with Crippen LogP contribution in [-0.4, -0.2) is 74.9 Å². The highest BCUT2D eigenvalue weighted by Gasteiger charge is 2.51. The van der Waals surface area contributed by atoms with Gasteiger partial charge in [-0.05, 0) is 50.2 Å². The Hall–Kier alpha value is -3.86. The first-order valence-corrected chi connectivity index (χ1v) is 12.7. The summed E-state index contributed by atoms with van der Waals surface area (Å²) < 4.78 is 17.5. The number of fused-ring (bicyclic) bond motifs is 2. The molecule has 1 aromatic carbocycles. The molecular weight excluding hydrogens is 478 g/mol. The highest BCUT2D eigenvalue weighted by atomic mass is 16.7. The lowest BCUT2D eigenvalue weighted by molar-refractivity contribution is -0.141. The molecule has 2 amide bonds. The van der Waals surface area contributed by atoms with Crippen LogP contribution in [0.3, 0.4) is 0 Å². The molecule has 4 aliphatic rings. The molecule has 4 heterocycles. The Morgan fingerprint density at radius 3 is 2.89 bits per heavy atom.